The summed E-state index contributed by atoms with van der Waals surface area (Å²) in [7, 11) is 0.783. The molecule has 1 N–H and O–H groups in total. The summed E-state index contributed by atoms with van der Waals surface area (Å²) in [5.74, 6) is 7.57. The maximum atomic E-state index is 9.57. The van der Waals surface area contributed by atoms with E-state index >= 15 is 0 Å². The molecule has 1 radical (unpaired) electrons. The fraction of sp³-hybridized carbons (Fsp3) is 0.185. The van der Waals surface area contributed by atoms with E-state index in [4.69, 9.17) is 4.65 Å². The molecule has 26 rings (SSSR count). The van der Waals surface area contributed by atoms with E-state index in [1.807, 2.05) is 18.2 Å². The van der Waals surface area contributed by atoms with Crippen LogP contribution in [-0.2, 0) is 10.8 Å². The van der Waals surface area contributed by atoms with Gasteiger partial charge in [0.1, 0.15) is 5.75 Å². The van der Waals surface area contributed by atoms with E-state index in [0.29, 0.717) is 5.75 Å². The molecule has 8 bridgehead atoms. The molecule has 16 aromatic carbocycles. The van der Waals surface area contributed by atoms with Crippen molar-refractivity contribution in [1.82, 2.24) is 0 Å². The Kier molecular flexibility index (Phi) is 16.5. The Labute approximate surface area is 666 Å². The minimum Gasteiger partial charge on any atom is -0.537 e. The Morgan fingerprint density at radius 3 is 0.830 bits per heavy atom. The van der Waals surface area contributed by atoms with E-state index in [2.05, 4.69) is 337 Å². The molecule has 0 unspecified atom stereocenters. The minimum absolute atomic E-state index is 0.183. The molecular formula is C108H85BBrO2. The van der Waals surface area contributed by atoms with Gasteiger partial charge in [-0.1, -0.05) is 331 Å². The van der Waals surface area contributed by atoms with Gasteiger partial charge >= 0.3 is 7.69 Å². The number of hydrogen-bond donors (Lipinski definition) is 1. The summed E-state index contributed by atoms with van der Waals surface area (Å²) < 4.78 is 6.79. The van der Waals surface area contributed by atoms with Gasteiger partial charge in [-0.25, -0.2) is 0 Å². The van der Waals surface area contributed by atoms with Crippen molar-refractivity contribution < 1.29 is 9.68 Å². The first kappa shape index (κ1) is 67.7. The van der Waals surface area contributed by atoms with Gasteiger partial charge in [-0.05, 0) is 291 Å². The highest BCUT2D eigenvalue weighted by Crippen LogP contribution is 2.71. The van der Waals surface area contributed by atoms with Gasteiger partial charge in [0.15, 0.2) is 0 Å². The molecule has 0 atom stereocenters. The summed E-state index contributed by atoms with van der Waals surface area (Å²) in [4.78, 5) is 0. The van der Waals surface area contributed by atoms with Gasteiger partial charge in [-0.2, -0.15) is 0 Å². The maximum absolute atomic E-state index is 9.57. The number of halogens is 1. The topological polar surface area (TPSA) is 29.5 Å². The summed E-state index contributed by atoms with van der Waals surface area (Å²) >= 11 is 3.42. The van der Waals surface area contributed by atoms with Crippen molar-refractivity contribution in [3.8, 4) is 106 Å². The van der Waals surface area contributed by atoms with E-state index in [1.165, 1.54) is 186 Å². The largest absolute Gasteiger partial charge is 0.569 e. The van der Waals surface area contributed by atoms with Gasteiger partial charge in [0.25, 0.3) is 0 Å². The maximum Gasteiger partial charge on any atom is 0.569 e. The fourth-order valence-electron chi connectivity index (χ4n) is 24.4. The molecule has 8 saturated carbocycles. The highest BCUT2D eigenvalue weighted by atomic mass is 79.9. The van der Waals surface area contributed by atoms with Crippen LogP contribution < -0.4 is 4.65 Å². The van der Waals surface area contributed by atoms with Gasteiger partial charge in [0.2, 0.25) is 0 Å². The summed E-state index contributed by atoms with van der Waals surface area (Å²) in [6.45, 7) is 0. The molecule has 2 spiro atoms. The van der Waals surface area contributed by atoms with Crippen molar-refractivity contribution in [2.24, 2.45) is 47.3 Å². The van der Waals surface area contributed by atoms with E-state index in [-0.39, 0.29) is 10.8 Å². The van der Waals surface area contributed by atoms with E-state index in [9.17, 15) is 5.02 Å². The van der Waals surface area contributed by atoms with Crippen LogP contribution >= 0.6 is 15.9 Å². The zero-order valence-electron chi connectivity index (χ0n) is 62.8. The minimum atomic E-state index is 0.183. The zero-order chi connectivity index (χ0) is 74.2. The van der Waals surface area contributed by atoms with Gasteiger partial charge in [-0.15, -0.1) is 0 Å². The smallest absolute Gasteiger partial charge is 0.537 e. The molecule has 2 nitrogen and oxygen atoms in total. The lowest BCUT2D eigenvalue weighted by atomic mass is 9.43. The predicted octanol–water partition coefficient (Wildman–Crippen LogP) is 28.5. The molecular weight excluding hydrogens is 1420 g/mol. The van der Waals surface area contributed by atoms with Crippen LogP contribution in [0.3, 0.4) is 0 Å². The Balaban J connectivity index is 0.000000120. The Bertz CT molecular complexity index is 6170. The molecule has 0 amide bonds. The van der Waals surface area contributed by atoms with Crippen LogP contribution in [0.5, 0.6) is 5.75 Å². The lowest BCUT2D eigenvalue weighted by Crippen LogP contribution is -2.55. The van der Waals surface area contributed by atoms with Crippen LogP contribution in [0.15, 0.2) is 344 Å². The molecule has 112 heavy (non-hydrogen) atoms. The third-order valence-corrected chi connectivity index (χ3v) is 28.9. The van der Waals surface area contributed by atoms with E-state index in [0.717, 1.165) is 81.0 Å². The number of hydrogen-bond acceptors (Lipinski definition) is 2. The average molecular weight is 1510 g/mol. The van der Waals surface area contributed by atoms with Gasteiger partial charge in [-0.3, -0.25) is 0 Å². The van der Waals surface area contributed by atoms with Crippen molar-refractivity contribution in [3.05, 3.63) is 366 Å². The summed E-state index contributed by atoms with van der Waals surface area (Å²) in [5.41, 5.74) is 30.5. The first-order valence-corrected chi connectivity index (χ1v) is 41.8. The first-order chi connectivity index (χ1) is 55.3. The number of fused-ring (bicyclic) bond motifs is 10. The second kappa shape index (κ2) is 27.4. The second-order valence-corrected chi connectivity index (χ2v) is 34.7. The van der Waals surface area contributed by atoms with Crippen LogP contribution in [0.2, 0.25) is 0 Å². The molecule has 10 aliphatic carbocycles. The molecule has 8 fully saturated rings. The summed E-state index contributed by atoms with van der Waals surface area (Å²) in [6, 6.07) is 125. The van der Waals surface area contributed by atoms with Crippen molar-refractivity contribution >= 4 is 66.7 Å². The van der Waals surface area contributed by atoms with Crippen LogP contribution in [0.4, 0.5) is 0 Å². The average Bonchev–Trinajstić information content (AvgIpc) is 1.50. The molecule has 539 valence electrons. The SMILES string of the molecule is Brc1ccc(-c2ccccc2)cc1.O[B]Oc1c2ccccc2c(-c2ccc(-c3ccc4c(c3)C3(c5ccccc5-4)C4CC5CC(C4)CC3C5)cc2)c2ccccc12.c1ccc(-c2ccc(-c3c4ccccc4c(-c4ccc(-c5ccc6c(c5)C5(c7ccccc7-6)C6CC7CC(C6)CC5C7)cc4)c4ccccc34)cc2)cc1. The van der Waals surface area contributed by atoms with Crippen LogP contribution in [0, 0.1) is 47.3 Å². The van der Waals surface area contributed by atoms with E-state index < -0.39 is 0 Å². The monoisotopic (exact) mass is 1500 g/mol. The normalized spacial score (nSPS) is 22.6. The third kappa shape index (κ3) is 10.8. The van der Waals surface area contributed by atoms with Crippen LogP contribution in [-0.4, -0.2) is 12.7 Å². The number of rotatable bonds is 9. The lowest BCUT2D eigenvalue weighted by molar-refractivity contribution is -0.0399. The van der Waals surface area contributed by atoms with Crippen molar-refractivity contribution in [2.45, 2.75) is 75.0 Å². The molecule has 0 aromatic heterocycles. The van der Waals surface area contributed by atoms with Crippen LogP contribution in [0.25, 0.3) is 143 Å². The Morgan fingerprint density at radius 1 is 0.241 bits per heavy atom. The Morgan fingerprint density at radius 2 is 0.491 bits per heavy atom. The van der Waals surface area contributed by atoms with Crippen molar-refractivity contribution in [1.29, 1.82) is 0 Å². The van der Waals surface area contributed by atoms with Gasteiger partial charge in [0, 0.05) is 26.1 Å². The first-order valence-electron chi connectivity index (χ1n) is 41.0. The van der Waals surface area contributed by atoms with Gasteiger partial charge in [0.05, 0.1) is 0 Å². The third-order valence-electron chi connectivity index (χ3n) is 28.3. The van der Waals surface area contributed by atoms with Crippen molar-refractivity contribution in [2.75, 3.05) is 0 Å². The molecule has 0 aliphatic heterocycles. The predicted molar refractivity (Wildman–Crippen MR) is 470 cm³/mol. The second-order valence-electron chi connectivity index (χ2n) is 33.8. The molecule has 4 heteroatoms. The lowest BCUT2D eigenvalue weighted by Gasteiger charge is -2.61. The summed E-state index contributed by atoms with van der Waals surface area (Å²) in [5, 5.41) is 18.9. The Hall–Kier alpha value is -11.1. The van der Waals surface area contributed by atoms with Crippen molar-refractivity contribution in [3.63, 3.8) is 0 Å². The summed E-state index contributed by atoms with van der Waals surface area (Å²) in [6.07, 6.45) is 14.2. The molecule has 0 saturated heterocycles. The molecule has 10 aliphatic rings. The highest BCUT2D eigenvalue weighted by molar-refractivity contribution is 9.10. The van der Waals surface area contributed by atoms with E-state index in [1.54, 1.807) is 22.3 Å². The highest BCUT2D eigenvalue weighted by Gasteiger charge is 2.63. The standard InChI is InChI=1S/C54H42.C42H34BO2.C12H9Br/c1-2-10-36(11-3-1)37-18-22-39(23-19-37)52-46-13-4-6-15-48(46)53(49-16-7-5-14-47(49)52)40-24-20-38(21-25-40)41-26-27-45-44-12-8-9-17-50(44)54(51(45)33-41)42-29-34-28-35(31-42)32-43(54)30-34;44-43-45-41-36-10-3-1-8-34(36)40(35-9-2-4-11-37(35)41)28-15-13-27(14-16-28)29-17-18-33-32-7-5-6-12-38(32)42(39(33)24-29)30-20-25-19-26(22-30)23-31(42)21-25;13-12-8-6-11(7-9-12)10-4-2-1-3-5-10/h1-27,33-35,42-43H,28-32H2;1-18,24-26,30-31,44H,19-23H2;1-9H. The number of benzene rings is 16. The molecule has 16 aromatic rings. The molecule has 0 heterocycles. The van der Waals surface area contributed by atoms with Gasteiger partial charge < -0.3 is 9.68 Å². The van der Waals surface area contributed by atoms with Crippen LogP contribution in [0.1, 0.15) is 86.5 Å². The quantitative estimate of drug-likeness (QED) is 0.115. The zero-order valence-corrected chi connectivity index (χ0v) is 64.4. The fourth-order valence-corrected chi connectivity index (χ4v) is 24.6.